The molecule has 1 aromatic heterocycles. The molecule has 0 saturated heterocycles. The molecule has 5 aromatic rings. The first kappa shape index (κ1) is 19.6. The lowest BCUT2D eigenvalue weighted by Crippen LogP contribution is -1.90. The number of aromatic nitrogens is 1. The van der Waals surface area contributed by atoms with Crippen molar-refractivity contribution in [2.75, 3.05) is 0 Å². The summed E-state index contributed by atoms with van der Waals surface area (Å²) in [5.41, 5.74) is 15.2. The lowest BCUT2D eigenvalue weighted by molar-refractivity contribution is 1.32. The van der Waals surface area contributed by atoms with E-state index in [4.69, 9.17) is 0 Å². The first-order valence-corrected chi connectivity index (χ1v) is 11.0. The molecular formula is C30H28N. The van der Waals surface area contributed by atoms with Crippen LogP contribution in [0, 0.1) is 47.6 Å². The molecule has 0 amide bonds. The van der Waals surface area contributed by atoms with E-state index in [0.29, 0.717) is 0 Å². The molecule has 0 aliphatic carbocycles. The van der Waals surface area contributed by atoms with Crippen molar-refractivity contribution in [3.05, 3.63) is 94.0 Å². The Labute approximate surface area is 184 Å². The van der Waals surface area contributed by atoms with Gasteiger partial charge in [0.1, 0.15) is 0 Å². The molecule has 0 unspecified atom stereocenters. The third-order valence-corrected chi connectivity index (χ3v) is 6.43. The molecule has 0 aliphatic heterocycles. The molecular weight excluding hydrogens is 374 g/mol. The highest BCUT2D eigenvalue weighted by molar-refractivity contribution is 6.09. The number of aromatic amines is 1. The van der Waals surface area contributed by atoms with Gasteiger partial charge in [-0.2, -0.15) is 0 Å². The molecule has 153 valence electrons. The van der Waals surface area contributed by atoms with Crippen molar-refractivity contribution in [3.63, 3.8) is 0 Å². The normalized spacial score (nSPS) is 11.5. The first-order chi connectivity index (χ1) is 14.8. The van der Waals surface area contributed by atoms with E-state index in [-0.39, 0.29) is 0 Å². The lowest BCUT2D eigenvalue weighted by Gasteiger charge is -2.12. The number of H-pyrrole nitrogens is 1. The second-order valence-electron chi connectivity index (χ2n) is 9.09. The van der Waals surface area contributed by atoms with Gasteiger partial charge in [0.2, 0.25) is 0 Å². The zero-order valence-electron chi connectivity index (χ0n) is 19.2. The Bertz CT molecular complexity index is 1320. The molecule has 0 aliphatic rings. The van der Waals surface area contributed by atoms with Crippen molar-refractivity contribution in [1.82, 2.24) is 4.98 Å². The summed E-state index contributed by atoms with van der Waals surface area (Å²) in [7, 11) is 0. The largest absolute Gasteiger partial charge is 0.354 e. The predicted molar refractivity (Wildman–Crippen MR) is 134 cm³/mol. The van der Waals surface area contributed by atoms with Gasteiger partial charge in [-0.05, 0) is 92.1 Å². The minimum Gasteiger partial charge on any atom is -0.354 e. The molecule has 0 saturated carbocycles. The zero-order valence-corrected chi connectivity index (χ0v) is 19.2. The van der Waals surface area contributed by atoms with Gasteiger partial charge in [0, 0.05) is 22.4 Å². The number of rotatable bonds is 2. The summed E-state index contributed by atoms with van der Waals surface area (Å²) in [6.07, 6.45) is 0. The summed E-state index contributed by atoms with van der Waals surface area (Å²) in [5.74, 6) is 0. The van der Waals surface area contributed by atoms with E-state index in [1.807, 2.05) is 0 Å². The molecule has 31 heavy (non-hydrogen) atoms. The number of nitrogens with one attached hydrogen (secondary N) is 1. The van der Waals surface area contributed by atoms with Crippen LogP contribution in [0.25, 0.3) is 44.1 Å². The van der Waals surface area contributed by atoms with Gasteiger partial charge in [-0.15, -0.1) is 0 Å². The minimum absolute atomic E-state index is 1.07. The van der Waals surface area contributed by atoms with Crippen molar-refractivity contribution in [2.24, 2.45) is 0 Å². The minimum atomic E-state index is 1.07. The number of benzene rings is 4. The topological polar surface area (TPSA) is 15.8 Å². The van der Waals surface area contributed by atoms with E-state index in [9.17, 15) is 0 Å². The van der Waals surface area contributed by atoms with Gasteiger partial charge in [0.05, 0.1) is 5.52 Å². The van der Waals surface area contributed by atoms with E-state index in [0.717, 1.165) is 16.6 Å². The summed E-state index contributed by atoms with van der Waals surface area (Å²) >= 11 is 0. The fourth-order valence-corrected chi connectivity index (χ4v) is 5.38. The Morgan fingerprint density at radius 2 is 1.13 bits per heavy atom. The highest BCUT2D eigenvalue weighted by Gasteiger charge is 2.13. The average molecular weight is 403 g/mol. The van der Waals surface area contributed by atoms with Crippen LogP contribution in [-0.2, 0) is 0 Å². The van der Waals surface area contributed by atoms with Crippen LogP contribution in [0.5, 0.6) is 0 Å². The Balaban J connectivity index is 1.68. The van der Waals surface area contributed by atoms with Crippen LogP contribution >= 0.6 is 0 Å². The Morgan fingerprint density at radius 3 is 1.74 bits per heavy atom. The third-order valence-electron chi connectivity index (χ3n) is 6.43. The molecule has 1 heteroatoms. The van der Waals surface area contributed by atoms with Crippen molar-refractivity contribution in [2.45, 2.75) is 41.5 Å². The smallest absolute Gasteiger partial charge is 0.0551 e. The molecule has 1 radical (unpaired) electrons. The maximum atomic E-state index is 3.67. The summed E-state index contributed by atoms with van der Waals surface area (Å²) in [6.45, 7) is 13.1. The van der Waals surface area contributed by atoms with Crippen molar-refractivity contribution in [3.8, 4) is 22.3 Å². The van der Waals surface area contributed by atoms with Gasteiger partial charge in [-0.3, -0.25) is 0 Å². The van der Waals surface area contributed by atoms with E-state index in [2.05, 4.69) is 107 Å². The standard InChI is InChI=1S/C30H28N/c1-17-11-19(3)29(20(4)12-17)23-7-9-25-26-10-8-24(16-28(26)31-27(25)15-23)30-21(5)13-18(2)14-22(30)6/h7-15,31H,1-6H3. The van der Waals surface area contributed by atoms with Gasteiger partial charge < -0.3 is 4.98 Å². The molecule has 5 rings (SSSR count). The fourth-order valence-electron chi connectivity index (χ4n) is 5.38. The van der Waals surface area contributed by atoms with Gasteiger partial charge >= 0.3 is 0 Å². The summed E-state index contributed by atoms with van der Waals surface area (Å²) in [6, 6.07) is 23.9. The van der Waals surface area contributed by atoms with Gasteiger partial charge in [0.15, 0.2) is 0 Å². The monoisotopic (exact) mass is 402 g/mol. The number of hydrogen-bond donors (Lipinski definition) is 1. The van der Waals surface area contributed by atoms with E-state index in [1.54, 1.807) is 0 Å². The number of hydrogen-bond acceptors (Lipinski definition) is 0. The molecule has 0 spiro atoms. The van der Waals surface area contributed by atoms with Crippen molar-refractivity contribution >= 4 is 21.8 Å². The molecule has 1 nitrogen and oxygen atoms in total. The van der Waals surface area contributed by atoms with E-state index in [1.165, 1.54) is 60.8 Å². The van der Waals surface area contributed by atoms with Crippen LogP contribution in [-0.4, -0.2) is 4.98 Å². The summed E-state index contributed by atoms with van der Waals surface area (Å²) in [5, 5.41) is 2.48. The quantitative estimate of drug-likeness (QED) is 0.305. The maximum absolute atomic E-state index is 3.67. The van der Waals surface area contributed by atoms with Crippen molar-refractivity contribution < 1.29 is 0 Å². The van der Waals surface area contributed by atoms with Crippen molar-refractivity contribution in [1.29, 1.82) is 0 Å². The molecule has 1 heterocycles. The Morgan fingerprint density at radius 1 is 0.581 bits per heavy atom. The van der Waals surface area contributed by atoms with E-state index >= 15 is 0 Å². The highest BCUT2D eigenvalue weighted by atomic mass is 14.7. The first-order valence-electron chi connectivity index (χ1n) is 11.0. The third kappa shape index (κ3) is 3.25. The second-order valence-corrected chi connectivity index (χ2v) is 9.09. The molecule has 0 atom stereocenters. The predicted octanol–water partition coefficient (Wildman–Crippen LogP) is 8.31. The van der Waals surface area contributed by atoms with Crippen LogP contribution in [0.15, 0.2) is 54.6 Å². The molecule has 0 fully saturated rings. The van der Waals surface area contributed by atoms with Crippen LogP contribution in [0.3, 0.4) is 0 Å². The van der Waals surface area contributed by atoms with Crippen LogP contribution in [0.2, 0.25) is 0 Å². The van der Waals surface area contributed by atoms with Gasteiger partial charge in [-0.25, -0.2) is 0 Å². The number of aryl methyl sites for hydroxylation is 6. The maximum Gasteiger partial charge on any atom is 0.0551 e. The Hall–Kier alpha value is -3.32. The zero-order chi connectivity index (χ0) is 21.9. The highest BCUT2D eigenvalue weighted by Crippen LogP contribution is 2.35. The molecule has 1 N–H and O–H groups in total. The fraction of sp³-hybridized carbons (Fsp3) is 0.200. The molecule has 0 bridgehead atoms. The SMILES string of the molecule is Cc1cc(C)c(-c2[c]c3[nH]c4cc(-c5c(C)cc(C)cc5C)ccc4c3cc2)c(C)c1. The van der Waals surface area contributed by atoms with Gasteiger partial charge in [-0.1, -0.05) is 59.7 Å². The second kappa shape index (κ2) is 7.13. The van der Waals surface area contributed by atoms with Crippen LogP contribution < -0.4 is 0 Å². The van der Waals surface area contributed by atoms with E-state index < -0.39 is 0 Å². The Kier molecular flexibility index (Phi) is 4.51. The summed E-state index contributed by atoms with van der Waals surface area (Å²) < 4.78 is 0. The van der Waals surface area contributed by atoms with Crippen LogP contribution in [0.1, 0.15) is 33.4 Å². The lowest BCUT2D eigenvalue weighted by atomic mass is 9.92. The van der Waals surface area contributed by atoms with Crippen LogP contribution in [0.4, 0.5) is 0 Å². The molecule has 4 aromatic carbocycles. The number of fused-ring (bicyclic) bond motifs is 3. The van der Waals surface area contributed by atoms with Gasteiger partial charge in [0.25, 0.3) is 0 Å². The summed E-state index contributed by atoms with van der Waals surface area (Å²) in [4.78, 5) is 3.64. The average Bonchev–Trinajstić information content (AvgIpc) is 3.03.